The fourth-order valence-corrected chi connectivity index (χ4v) is 2.48. The Morgan fingerprint density at radius 3 is 2.73 bits per heavy atom. The molecule has 1 unspecified atom stereocenters. The number of amides is 2. The number of rotatable bonds is 4. The van der Waals surface area contributed by atoms with E-state index in [9.17, 15) is 22.4 Å². The molecule has 0 aliphatic carbocycles. The molecule has 1 aliphatic heterocycles. The highest BCUT2D eigenvalue weighted by atomic mass is 19.4. The molecule has 0 bridgehead atoms. The highest BCUT2D eigenvalue weighted by Crippen LogP contribution is 2.37. The molecule has 22 heavy (non-hydrogen) atoms. The second-order valence-electron chi connectivity index (χ2n) is 5.04. The van der Waals surface area contributed by atoms with Crippen LogP contribution < -0.4 is 15.5 Å². The van der Waals surface area contributed by atoms with Gasteiger partial charge in [-0.1, -0.05) is 12.1 Å². The highest BCUT2D eigenvalue weighted by Gasteiger charge is 2.36. The lowest BCUT2D eigenvalue weighted by Crippen LogP contribution is -2.44. The predicted octanol–water partition coefficient (Wildman–Crippen LogP) is 2.55. The summed E-state index contributed by atoms with van der Waals surface area (Å²) in [5, 5.41) is 4.96. The smallest absolute Gasteiger partial charge is 0.369 e. The van der Waals surface area contributed by atoms with Crippen LogP contribution >= 0.6 is 0 Å². The normalized spacial score (nSPS) is 18.4. The minimum atomic E-state index is -4.42. The predicted molar refractivity (Wildman–Crippen MR) is 74.6 cm³/mol. The fourth-order valence-electron chi connectivity index (χ4n) is 2.48. The zero-order valence-corrected chi connectivity index (χ0v) is 11.8. The Balaban J connectivity index is 2.00. The number of nitrogens with one attached hydrogen (secondary N) is 2. The zero-order valence-electron chi connectivity index (χ0n) is 11.8. The highest BCUT2D eigenvalue weighted by molar-refractivity contribution is 5.74. The Morgan fingerprint density at radius 2 is 2.05 bits per heavy atom. The van der Waals surface area contributed by atoms with E-state index in [2.05, 4.69) is 10.6 Å². The van der Waals surface area contributed by atoms with Gasteiger partial charge in [0.15, 0.2) is 0 Å². The molecular weight excluding hydrogens is 302 g/mol. The molecule has 2 rings (SSSR count). The first-order chi connectivity index (χ1) is 10.4. The Kier molecular flexibility index (Phi) is 5.10. The monoisotopic (exact) mass is 319 g/mol. The van der Waals surface area contributed by atoms with Gasteiger partial charge in [0.25, 0.3) is 0 Å². The first-order valence-electron chi connectivity index (χ1n) is 6.93. The van der Waals surface area contributed by atoms with Crippen LogP contribution in [0.4, 0.5) is 28.0 Å². The SMILES string of the molecule is O=C(NCCF)NC1CCN(c2ccccc2C(F)(F)F)C1. The average molecular weight is 319 g/mol. The summed E-state index contributed by atoms with van der Waals surface area (Å²) in [5.41, 5.74) is -0.569. The Bertz CT molecular complexity index is 521. The van der Waals surface area contributed by atoms with Crippen molar-refractivity contribution in [2.75, 3.05) is 31.2 Å². The summed E-state index contributed by atoms with van der Waals surface area (Å²) in [5.74, 6) is 0. The molecule has 4 nitrogen and oxygen atoms in total. The van der Waals surface area contributed by atoms with Gasteiger partial charge in [-0.25, -0.2) is 9.18 Å². The molecule has 1 heterocycles. The molecule has 122 valence electrons. The van der Waals surface area contributed by atoms with Crippen LogP contribution in [-0.4, -0.2) is 38.4 Å². The van der Waals surface area contributed by atoms with E-state index in [-0.39, 0.29) is 24.8 Å². The van der Waals surface area contributed by atoms with Crippen LogP contribution in [-0.2, 0) is 6.18 Å². The number of alkyl halides is 4. The minimum Gasteiger partial charge on any atom is -0.369 e. The fraction of sp³-hybridized carbons (Fsp3) is 0.500. The summed E-state index contributed by atoms with van der Waals surface area (Å²) in [4.78, 5) is 13.0. The quantitative estimate of drug-likeness (QED) is 0.838. The van der Waals surface area contributed by atoms with Gasteiger partial charge in [0.05, 0.1) is 5.56 Å². The second-order valence-corrected chi connectivity index (χ2v) is 5.04. The van der Waals surface area contributed by atoms with E-state index in [4.69, 9.17) is 0 Å². The van der Waals surface area contributed by atoms with Gasteiger partial charge < -0.3 is 15.5 Å². The number of urea groups is 1. The van der Waals surface area contributed by atoms with E-state index >= 15 is 0 Å². The second kappa shape index (κ2) is 6.85. The van der Waals surface area contributed by atoms with E-state index in [1.807, 2.05) is 0 Å². The molecule has 2 amide bonds. The van der Waals surface area contributed by atoms with Gasteiger partial charge in [-0.2, -0.15) is 13.2 Å². The Hall–Kier alpha value is -1.99. The molecule has 2 N–H and O–H groups in total. The first kappa shape index (κ1) is 16.4. The van der Waals surface area contributed by atoms with Gasteiger partial charge in [0, 0.05) is 31.4 Å². The maximum Gasteiger partial charge on any atom is 0.418 e. The minimum absolute atomic E-state index is 0.0842. The molecule has 0 saturated carbocycles. The van der Waals surface area contributed by atoms with Crippen molar-refractivity contribution in [2.24, 2.45) is 0 Å². The van der Waals surface area contributed by atoms with Crippen LogP contribution in [0.3, 0.4) is 0 Å². The third kappa shape index (κ3) is 4.02. The van der Waals surface area contributed by atoms with Crippen molar-refractivity contribution < 1.29 is 22.4 Å². The topological polar surface area (TPSA) is 44.4 Å². The lowest BCUT2D eigenvalue weighted by molar-refractivity contribution is -0.137. The summed E-state index contributed by atoms with van der Waals surface area (Å²) in [6, 6.07) is 4.61. The van der Waals surface area contributed by atoms with Crippen molar-refractivity contribution in [1.82, 2.24) is 10.6 Å². The van der Waals surface area contributed by atoms with E-state index in [0.717, 1.165) is 6.07 Å². The van der Waals surface area contributed by atoms with Gasteiger partial charge in [0.2, 0.25) is 0 Å². The van der Waals surface area contributed by atoms with Gasteiger partial charge in [-0.3, -0.25) is 0 Å². The maximum absolute atomic E-state index is 13.0. The van der Waals surface area contributed by atoms with Crippen LogP contribution in [0.1, 0.15) is 12.0 Å². The summed E-state index contributed by atoms with van der Waals surface area (Å²) < 4.78 is 51.0. The molecule has 0 radical (unpaired) electrons. The summed E-state index contributed by atoms with van der Waals surface area (Å²) in [7, 11) is 0. The summed E-state index contributed by atoms with van der Waals surface area (Å²) in [6.07, 6.45) is -3.88. The molecule has 0 aromatic heterocycles. The van der Waals surface area contributed by atoms with Crippen LogP contribution in [0.25, 0.3) is 0 Å². The molecule has 1 aliphatic rings. The summed E-state index contributed by atoms with van der Waals surface area (Å²) in [6.45, 7) is -0.0420. The van der Waals surface area contributed by atoms with Crippen molar-refractivity contribution in [3.05, 3.63) is 29.8 Å². The largest absolute Gasteiger partial charge is 0.418 e. The number of benzene rings is 1. The number of halogens is 4. The van der Waals surface area contributed by atoms with Gasteiger partial charge in [-0.05, 0) is 18.6 Å². The molecule has 1 aromatic carbocycles. The molecule has 1 fully saturated rings. The summed E-state index contributed by atoms with van der Waals surface area (Å²) >= 11 is 0. The van der Waals surface area contributed by atoms with Gasteiger partial charge >= 0.3 is 12.2 Å². The Labute approximate surface area is 125 Å². The van der Waals surface area contributed by atoms with Crippen LogP contribution in [0.2, 0.25) is 0 Å². The standard InChI is InChI=1S/C14H17F4N3O/c15-6-7-19-13(22)20-10-5-8-21(9-10)12-4-2-1-3-11(12)14(16,17)18/h1-4,10H,5-9H2,(H2,19,20,22). The van der Waals surface area contributed by atoms with Crippen molar-refractivity contribution in [2.45, 2.75) is 18.6 Å². The van der Waals surface area contributed by atoms with Gasteiger partial charge in [-0.15, -0.1) is 0 Å². The van der Waals surface area contributed by atoms with E-state index in [0.29, 0.717) is 13.0 Å². The molecule has 8 heteroatoms. The molecular formula is C14H17F4N3O. The van der Waals surface area contributed by atoms with Crippen molar-refractivity contribution in [1.29, 1.82) is 0 Å². The van der Waals surface area contributed by atoms with Crippen molar-refractivity contribution >= 4 is 11.7 Å². The van der Waals surface area contributed by atoms with E-state index in [1.54, 1.807) is 11.0 Å². The number of hydrogen-bond donors (Lipinski definition) is 2. The van der Waals surface area contributed by atoms with Gasteiger partial charge in [0.1, 0.15) is 6.67 Å². The number of nitrogens with zero attached hydrogens (tertiary/aromatic N) is 1. The number of carbonyl (C=O) groups excluding carboxylic acids is 1. The first-order valence-corrected chi connectivity index (χ1v) is 6.93. The number of anilines is 1. The molecule has 1 saturated heterocycles. The van der Waals surface area contributed by atoms with Crippen LogP contribution in [0.15, 0.2) is 24.3 Å². The van der Waals surface area contributed by atoms with Crippen molar-refractivity contribution in [3.8, 4) is 0 Å². The molecule has 1 aromatic rings. The van der Waals surface area contributed by atoms with Crippen LogP contribution in [0.5, 0.6) is 0 Å². The van der Waals surface area contributed by atoms with E-state index < -0.39 is 24.4 Å². The average Bonchev–Trinajstić information content (AvgIpc) is 2.92. The molecule has 1 atom stereocenters. The third-order valence-electron chi connectivity index (χ3n) is 3.45. The third-order valence-corrected chi connectivity index (χ3v) is 3.45. The maximum atomic E-state index is 13.0. The Morgan fingerprint density at radius 1 is 1.32 bits per heavy atom. The zero-order chi connectivity index (χ0) is 16.2. The number of carbonyl (C=O) groups is 1. The number of hydrogen-bond acceptors (Lipinski definition) is 2. The van der Waals surface area contributed by atoms with E-state index in [1.165, 1.54) is 12.1 Å². The van der Waals surface area contributed by atoms with Crippen molar-refractivity contribution in [3.63, 3.8) is 0 Å². The molecule has 0 spiro atoms. The van der Waals surface area contributed by atoms with Crippen LogP contribution in [0, 0.1) is 0 Å². The lowest BCUT2D eigenvalue weighted by atomic mass is 10.1. The lowest BCUT2D eigenvalue weighted by Gasteiger charge is -2.23. The number of para-hydroxylation sites is 1.